The average molecular weight is 367 g/mol. The van der Waals surface area contributed by atoms with Gasteiger partial charge in [0.05, 0.1) is 0 Å². The van der Waals surface area contributed by atoms with Gasteiger partial charge in [0.1, 0.15) is 24.1 Å². The van der Waals surface area contributed by atoms with Crippen LogP contribution in [-0.4, -0.2) is 48.2 Å². The van der Waals surface area contributed by atoms with Gasteiger partial charge in [-0.15, -0.1) is 0 Å². The molecule has 142 valence electrons. The molecule has 3 aliphatic heterocycles. The van der Waals surface area contributed by atoms with Gasteiger partial charge in [-0.2, -0.15) is 0 Å². The van der Waals surface area contributed by atoms with E-state index in [-0.39, 0.29) is 5.82 Å². The number of carbonyl (C=O) groups excluding carboxylic acids is 1. The molecule has 7 nitrogen and oxygen atoms in total. The molecule has 0 aliphatic carbocycles. The van der Waals surface area contributed by atoms with Crippen LogP contribution >= 0.6 is 0 Å². The Balaban J connectivity index is 1.57. The molecule has 0 radical (unpaired) electrons. The SMILES string of the molecule is CC1(C)O[C@H]2[C@@H](O1)[C@@H](C(=O)Nc1ccc(F)cc1)O[C@H]1OC(C)(C)O[C@@H]12. The number of hydrogen-bond acceptors (Lipinski definition) is 6. The number of anilines is 1. The van der Waals surface area contributed by atoms with Crippen molar-refractivity contribution in [1.29, 1.82) is 0 Å². The molecule has 0 spiro atoms. The molecule has 0 unspecified atom stereocenters. The van der Waals surface area contributed by atoms with E-state index in [1.54, 1.807) is 27.7 Å². The van der Waals surface area contributed by atoms with Crippen molar-refractivity contribution in [3.63, 3.8) is 0 Å². The lowest BCUT2D eigenvalue weighted by atomic mass is 9.98. The number of benzene rings is 1. The Morgan fingerprint density at radius 2 is 1.50 bits per heavy atom. The van der Waals surface area contributed by atoms with Crippen LogP contribution < -0.4 is 5.32 Å². The van der Waals surface area contributed by atoms with E-state index in [9.17, 15) is 9.18 Å². The first-order valence-corrected chi connectivity index (χ1v) is 8.57. The topological polar surface area (TPSA) is 75.3 Å². The average Bonchev–Trinajstić information content (AvgIpc) is 3.02. The van der Waals surface area contributed by atoms with Crippen molar-refractivity contribution in [3.05, 3.63) is 30.1 Å². The molecule has 3 saturated heterocycles. The zero-order valence-electron chi connectivity index (χ0n) is 15.0. The predicted octanol–water partition coefficient (Wildman–Crippen LogP) is 2.16. The third-order valence-electron chi connectivity index (χ3n) is 4.52. The lowest BCUT2D eigenvalue weighted by molar-refractivity contribution is -0.229. The molecule has 3 fully saturated rings. The first-order chi connectivity index (χ1) is 12.1. The molecule has 8 heteroatoms. The molecule has 1 N–H and O–H groups in total. The maximum Gasteiger partial charge on any atom is 0.256 e. The summed E-state index contributed by atoms with van der Waals surface area (Å²) in [7, 11) is 0. The molecule has 3 heterocycles. The van der Waals surface area contributed by atoms with Crippen molar-refractivity contribution >= 4 is 11.6 Å². The molecule has 3 aliphatic rings. The number of amides is 1. The summed E-state index contributed by atoms with van der Waals surface area (Å²) in [6.07, 6.45) is -3.34. The van der Waals surface area contributed by atoms with E-state index in [1.165, 1.54) is 24.3 Å². The minimum atomic E-state index is -0.953. The molecule has 0 aromatic heterocycles. The van der Waals surface area contributed by atoms with Gasteiger partial charge in [-0.3, -0.25) is 4.79 Å². The molecule has 1 amide bonds. The molecular weight excluding hydrogens is 345 g/mol. The molecular formula is C18H22FNO6. The Hall–Kier alpha value is -1.58. The summed E-state index contributed by atoms with van der Waals surface area (Å²) in [6.45, 7) is 7.10. The number of ether oxygens (including phenoxy) is 5. The Morgan fingerprint density at radius 3 is 2.19 bits per heavy atom. The number of fused-ring (bicyclic) bond motifs is 3. The largest absolute Gasteiger partial charge is 0.342 e. The van der Waals surface area contributed by atoms with Gasteiger partial charge in [-0.05, 0) is 52.0 Å². The second-order valence-corrected chi connectivity index (χ2v) is 7.59. The summed E-state index contributed by atoms with van der Waals surface area (Å²) < 4.78 is 42.5. The van der Waals surface area contributed by atoms with E-state index in [4.69, 9.17) is 23.7 Å². The van der Waals surface area contributed by atoms with E-state index >= 15 is 0 Å². The smallest absolute Gasteiger partial charge is 0.256 e. The fourth-order valence-corrected chi connectivity index (χ4v) is 3.57. The zero-order chi connectivity index (χ0) is 18.7. The fraction of sp³-hybridized carbons (Fsp3) is 0.611. The van der Waals surface area contributed by atoms with Crippen molar-refractivity contribution in [2.75, 3.05) is 5.32 Å². The highest BCUT2D eigenvalue weighted by Gasteiger charge is 2.62. The van der Waals surface area contributed by atoms with Gasteiger partial charge >= 0.3 is 0 Å². The number of halogens is 1. The second kappa shape index (κ2) is 5.97. The summed E-state index contributed by atoms with van der Waals surface area (Å²) >= 11 is 0. The Bertz CT molecular complexity index is 706. The van der Waals surface area contributed by atoms with Crippen LogP contribution in [0, 0.1) is 5.82 Å². The summed E-state index contributed by atoms with van der Waals surface area (Å²) in [5.41, 5.74) is 0.459. The minimum absolute atomic E-state index is 0.382. The van der Waals surface area contributed by atoms with Gasteiger partial charge in [0.25, 0.3) is 5.91 Å². The lowest BCUT2D eigenvalue weighted by Crippen LogP contribution is -2.58. The van der Waals surface area contributed by atoms with Crippen LogP contribution in [0.2, 0.25) is 0 Å². The van der Waals surface area contributed by atoms with Crippen LogP contribution in [0.4, 0.5) is 10.1 Å². The normalized spacial score (nSPS) is 37.0. The van der Waals surface area contributed by atoms with Crippen LogP contribution in [0.25, 0.3) is 0 Å². The Morgan fingerprint density at radius 1 is 0.923 bits per heavy atom. The number of rotatable bonds is 2. The highest BCUT2D eigenvalue weighted by molar-refractivity contribution is 5.94. The van der Waals surface area contributed by atoms with Crippen LogP contribution in [0.5, 0.6) is 0 Å². The van der Waals surface area contributed by atoms with E-state index in [0.29, 0.717) is 5.69 Å². The van der Waals surface area contributed by atoms with Crippen molar-refractivity contribution in [1.82, 2.24) is 0 Å². The molecule has 4 rings (SSSR count). The van der Waals surface area contributed by atoms with Crippen LogP contribution in [-0.2, 0) is 28.5 Å². The highest BCUT2D eigenvalue weighted by atomic mass is 19.1. The van der Waals surface area contributed by atoms with Crippen LogP contribution in [0.3, 0.4) is 0 Å². The lowest BCUT2D eigenvalue weighted by Gasteiger charge is -2.36. The van der Waals surface area contributed by atoms with Crippen molar-refractivity contribution in [2.45, 2.75) is 70.0 Å². The second-order valence-electron chi connectivity index (χ2n) is 7.59. The first kappa shape index (κ1) is 17.8. The van der Waals surface area contributed by atoms with E-state index < -0.39 is 48.2 Å². The standard InChI is InChI=1S/C18H22FNO6/c1-17(2)23-11-12(24-17)14-16(26-18(3,4)25-14)22-13(11)15(21)20-10-7-5-9(19)6-8-10/h5-8,11-14,16H,1-4H3,(H,20,21)/t11-,12+,13+,14-,16+/m1/s1. The van der Waals surface area contributed by atoms with E-state index in [2.05, 4.69) is 5.32 Å². The van der Waals surface area contributed by atoms with Gasteiger partial charge in [0, 0.05) is 5.69 Å². The maximum atomic E-state index is 13.1. The fourth-order valence-electron chi connectivity index (χ4n) is 3.57. The summed E-state index contributed by atoms with van der Waals surface area (Å²) in [4.78, 5) is 12.8. The molecule has 1 aromatic carbocycles. The molecule has 0 saturated carbocycles. The number of nitrogens with one attached hydrogen (secondary N) is 1. The van der Waals surface area contributed by atoms with Gasteiger partial charge in [0.2, 0.25) is 0 Å². The first-order valence-electron chi connectivity index (χ1n) is 8.57. The van der Waals surface area contributed by atoms with Crippen LogP contribution in [0.15, 0.2) is 24.3 Å². The quantitative estimate of drug-likeness (QED) is 0.863. The zero-order valence-corrected chi connectivity index (χ0v) is 15.0. The van der Waals surface area contributed by atoms with E-state index in [1.807, 2.05) is 0 Å². The van der Waals surface area contributed by atoms with Gasteiger partial charge in [-0.1, -0.05) is 0 Å². The van der Waals surface area contributed by atoms with E-state index in [0.717, 1.165) is 0 Å². The van der Waals surface area contributed by atoms with Crippen molar-refractivity contribution in [3.8, 4) is 0 Å². The van der Waals surface area contributed by atoms with Gasteiger partial charge in [-0.25, -0.2) is 4.39 Å². The van der Waals surface area contributed by atoms with Crippen molar-refractivity contribution < 1.29 is 32.9 Å². The Labute approximate surface area is 150 Å². The summed E-state index contributed by atoms with van der Waals surface area (Å²) in [5.74, 6) is -2.52. The molecule has 26 heavy (non-hydrogen) atoms. The molecule has 1 aromatic rings. The third-order valence-corrected chi connectivity index (χ3v) is 4.52. The summed E-state index contributed by atoms with van der Waals surface area (Å²) in [6, 6.07) is 5.49. The Kier molecular flexibility index (Phi) is 4.09. The van der Waals surface area contributed by atoms with Crippen molar-refractivity contribution in [2.24, 2.45) is 0 Å². The summed E-state index contributed by atoms with van der Waals surface area (Å²) in [5, 5.41) is 2.72. The van der Waals surface area contributed by atoms with Crippen LogP contribution in [0.1, 0.15) is 27.7 Å². The number of hydrogen-bond donors (Lipinski definition) is 1. The predicted molar refractivity (Wildman–Crippen MR) is 87.6 cm³/mol. The maximum absolute atomic E-state index is 13.1. The van der Waals surface area contributed by atoms with Gasteiger partial charge < -0.3 is 29.0 Å². The highest BCUT2D eigenvalue weighted by Crippen LogP contribution is 2.44. The third kappa shape index (κ3) is 3.23. The molecule has 5 atom stereocenters. The van der Waals surface area contributed by atoms with Gasteiger partial charge in [0.15, 0.2) is 24.0 Å². The minimum Gasteiger partial charge on any atom is -0.342 e. The monoisotopic (exact) mass is 367 g/mol. The number of carbonyl (C=O) groups is 1. The molecule has 0 bridgehead atoms.